The second-order valence-electron chi connectivity index (χ2n) is 6.35. The summed E-state index contributed by atoms with van der Waals surface area (Å²) in [5, 5.41) is 14.3. The van der Waals surface area contributed by atoms with Crippen molar-refractivity contribution in [3.8, 4) is 0 Å². The summed E-state index contributed by atoms with van der Waals surface area (Å²) in [5.41, 5.74) is -0.310. The number of carbonyl (C=O) groups excluding carboxylic acids is 2. The molecule has 0 aliphatic heterocycles. The number of nitrogens with one attached hydrogen (secondary N) is 2. The molecule has 8 nitrogen and oxygen atoms in total. The average Bonchev–Trinajstić information content (AvgIpc) is 2.54. The molecule has 8 heteroatoms. The number of amides is 2. The lowest BCUT2D eigenvalue weighted by atomic mass is 10.1. The number of benzene rings is 1. The van der Waals surface area contributed by atoms with Gasteiger partial charge < -0.3 is 15.2 Å². The lowest BCUT2D eigenvalue weighted by Crippen LogP contribution is -2.27. The molecule has 0 saturated heterocycles. The summed E-state index contributed by atoms with van der Waals surface area (Å²) in [6.07, 6.45) is 1.75. The highest BCUT2D eigenvalue weighted by atomic mass is 16.6. The standard InChI is InChI=1S/C18H19N3O5/c1-18(2,3)26-17(25)21-14-7-5-4-6-13(14)20-15(22)11-8-9-19-10-12(11)16(23)24/h4-10H,1-3H3,(H,20,22)(H,21,25)(H,23,24). The van der Waals surface area contributed by atoms with Crippen LogP contribution in [0.2, 0.25) is 0 Å². The maximum Gasteiger partial charge on any atom is 0.412 e. The van der Waals surface area contributed by atoms with Gasteiger partial charge in [-0.15, -0.1) is 0 Å². The van der Waals surface area contributed by atoms with Crippen molar-refractivity contribution in [3.63, 3.8) is 0 Å². The first-order valence-corrected chi connectivity index (χ1v) is 7.75. The zero-order valence-electron chi connectivity index (χ0n) is 14.6. The number of hydrogen-bond donors (Lipinski definition) is 3. The van der Waals surface area contributed by atoms with E-state index in [1.54, 1.807) is 45.0 Å². The highest BCUT2D eigenvalue weighted by Crippen LogP contribution is 2.23. The van der Waals surface area contributed by atoms with Gasteiger partial charge in [-0.05, 0) is 39.0 Å². The normalized spacial score (nSPS) is 10.7. The first-order valence-electron chi connectivity index (χ1n) is 7.75. The van der Waals surface area contributed by atoms with Crippen LogP contribution in [0, 0.1) is 0 Å². The fourth-order valence-electron chi connectivity index (χ4n) is 2.07. The molecule has 2 aromatic rings. The van der Waals surface area contributed by atoms with Crippen LogP contribution in [-0.2, 0) is 4.74 Å². The van der Waals surface area contributed by atoms with E-state index in [0.29, 0.717) is 11.4 Å². The molecular formula is C18H19N3O5. The third-order valence-corrected chi connectivity index (χ3v) is 3.11. The summed E-state index contributed by atoms with van der Waals surface area (Å²) in [4.78, 5) is 39.4. The molecule has 0 spiro atoms. The molecule has 1 aromatic carbocycles. The Labute approximate surface area is 150 Å². The van der Waals surface area contributed by atoms with Gasteiger partial charge in [0.05, 0.1) is 22.5 Å². The van der Waals surface area contributed by atoms with Gasteiger partial charge in [0.1, 0.15) is 5.60 Å². The van der Waals surface area contributed by atoms with E-state index in [9.17, 15) is 14.4 Å². The zero-order valence-corrected chi connectivity index (χ0v) is 14.6. The van der Waals surface area contributed by atoms with Gasteiger partial charge >= 0.3 is 12.1 Å². The van der Waals surface area contributed by atoms with Crippen molar-refractivity contribution in [1.29, 1.82) is 0 Å². The Balaban J connectivity index is 2.22. The fourth-order valence-corrected chi connectivity index (χ4v) is 2.07. The summed E-state index contributed by atoms with van der Waals surface area (Å²) in [6, 6.07) is 7.82. The van der Waals surface area contributed by atoms with Crippen molar-refractivity contribution in [2.75, 3.05) is 10.6 Å². The minimum absolute atomic E-state index is 0.0421. The van der Waals surface area contributed by atoms with Gasteiger partial charge in [-0.25, -0.2) is 9.59 Å². The number of anilines is 2. The van der Waals surface area contributed by atoms with Gasteiger partial charge in [-0.1, -0.05) is 12.1 Å². The van der Waals surface area contributed by atoms with Gasteiger partial charge in [0.15, 0.2) is 0 Å². The predicted molar refractivity (Wildman–Crippen MR) is 95.4 cm³/mol. The summed E-state index contributed by atoms with van der Waals surface area (Å²) < 4.78 is 5.19. The summed E-state index contributed by atoms with van der Waals surface area (Å²) in [5.74, 6) is -1.90. The van der Waals surface area contributed by atoms with Crippen LogP contribution in [0.1, 0.15) is 41.5 Å². The molecule has 0 saturated carbocycles. The van der Waals surface area contributed by atoms with Gasteiger partial charge in [0.25, 0.3) is 5.91 Å². The van der Waals surface area contributed by atoms with E-state index in [4.69, 9.17) is 9.84 Å². The Kier molecular flexibility index (Phi) is 5.56. The molecule has 136 valence electrons. The van der Waals surface area contributed by atoms with E-state index >= 15 is 0 Å². The first kappa shape index (κ1) is 18.9. The molecule has 0 atom stereocenters. The minimum atomic E-state index is -1.26. The van der Waals surface area contributed by atoms with Gasteiger partial charge in [0.2, 0.25) is 0 Å². The number of carboxylic acid groups (broad SMARTS) is 1. The maximum absolute atomic E-state index is 12.5. The number of nitrogens with zero attached hydrogens (tertiary/aromatic N) is 1. The number of rotatable bonds is 4. The van der Waals surface area contributed by atoms with Gasteiger partial charge in [-0.2, -0.15) is 0 Å². The van der Waals surface area contributed by atoms with Crippen molar-refractivity contribution in [2.45, 2.75) is 26.4 Å². The molecule has 0 aliphatic carbocycles. The number of aromatic carboxylic acids is 1. The van der Waals surface area contributed by atoms with Crippen LogP contribution in [0.15, 0.2) is 42.7 Å². The van der Waals surface area contributed by atoms with E-state index in [1.165, 1.54) is 12.3 Å². The van der Waals surface area contributed by atoms with Crippen LogP contribution in [0.25, 0.3) is 0 Å². The second kappa shape index (κ2) is 7.64. The summed E-state index contributed by atoms with van der Waals surface area (Å²) in [6.45, 7) is 5.20. The number of carboxylic acids is 1. The molecule has 0 aliphatic rings. The molecular weight excluding hydrogens is 338 g/mol. The highest BCUT2D eigenvalue weighted by Gasteiger charge is 2.19. The fraction of sp³-hybridized carbons (Fsp3) is 0.222. The lowest BCUT2D eigenvalue weighted by molar-refractivity contribution is 0.0634. The summed E-state index contributed by atoms with van der Waals surface area (Å²) >= 11 is 0. The van der Waals surface area contributed by atoms with Crippen molar-refractivity contribution < 1.29 is 24.2 Å². The second-order valence-corrected chi connectivity index (χ2v) is 6.35. The molecule has 0 radical (unpaired) electrons. The van der Waals surface area contributed by atoms with Crippen molar-refractivity contribution in [3.05, 3.63) is 53.9 Å². The quantitative estimate of drug-likeness (QED) is 0.772. The number of hydrogen-bond acceptors (Lipinski definition) is 5. The zero-order chi connectivity index (χ0) is 19.3. The lowest BCUT2D eigenvalue weighted by Gasteiger charge is -2.20. The average molecular weight is 357 g/mol. The third kappa shape index (κ3) is 5.04. The molecule has 3 N–H and O–H groups in total. The van der Waals surface area contributed by atoms with Crippen LogP contribution in [-0.4, -0.2) is 33.7 Å². The van der Waals surface area contributed by atoms with Crippen LogP contribution in [0.5, 0.6) is 0 Å². The Bertz CT molecular complexity index is 843. The van der Waals surface area contributed by atoms with E-state index in [2.05, 4.69) is 15.6 Å². The minimum Gasteiger partial charge on any atom is -0.478 e. The predicted octanol–water partition coefficient (Wildman–Crippen LogP) is 3.38. The Morgan fingerprint density at radius 3 is 2.19 bits per heavy atom. The van der Waals surface area contributed by atoms with Crippen molar-refractivity contribution >= 4 is 29.3 Å². The van der Waals surface area contributed by atoms with Crippen LogP contribution in [0.4, 0.5) is 16.2 Å². The van der Waals surface area contributed by atoms with Crippen molar-refractivity contribution in [2.24, 2.45) is 0 Å². The van der Waals surface area contributed by atoms with E-state index in [-0.39, 0.29) is 11.1 Å². The third-order valence-electron chi connectivity index (χ3n) is 3.11. The molecule has 1 aromatic heterocycles. The van der Waals surface area contributed by atoms with Gasteiger partial charge in [0, 0.05) is 12.4 Å². The number of para-hydroxylation sites is 2. The van der Waals surface area contributed by atoms with Crippen LogP contribution >= 0.6 is 0 Å². The molecule has 2 rings (SSSR count). The molecule has 0 bridgehead atoms. The number of ether oxygens (including phenoxy) is 1. The number of carbonyl (C=O) groups is 3. The van der Waals surface area contributed by atoms with Crippen LogP contribution < -0.4 is 10.6 Å². The first-order chi connectivity index (χ1) is 12.2. The van der Waals surface area contributed by atoms with E-state index in [1.807, 2.05) is 0 Å². The maximum atomic E-state index is 12.5. The molecule has 0 unspecified atom stereocenters. The number of pyridine rings is 1. The molecule has 26 heavy (non-hydrogen) atoms. The topological polar surface area (TPSA) is 118 Å². The summed E-state index contributed by atoms with van der Waals surface area (Å²) in [7, 11) is 0. The molecule has 0 fully saturated rings. The molecule has 2 amide bonds. The Hall–Kier alpha value is -3.42. The Morgan fingerprint density at radius 1 is 1.00 bits per heavy atom. The van der Waals surface area contributed by atoms with Crippen LogP contribution in [0.3, 0.4) is 0 Å². The van der Waals surface area contributed by atoms with E-state index < -0.39 is 23.6 Å². The smallest absolute Gasteiger partial charge is 0.412 e. The SMILES string of the molecule is CC(C)(C)OC(=O)Nc1ccccc1NC(=O)c1ccncc1C(=O)O. The monoisotopic (exact) mass is 357 g/mol. The number of aromatic nitrogens is 1. The highest BCUT2D eigenvalue weighted by molar-refractivity contribution is 6.11. The Morgan fingerprint density at radius 2 is 1.62 bits per heavy atom. The van der Waals surface area contributed by atoms with Gasteiger partial charge in [-0.3, -0.25) is 15.1 Å². The van der Waals surface area contributed by atoms with E-state index in [0.717, 1.165) is 6.20 Å². The largest absolute Gasteiger partial charge is 0.478 e. The van der Waals surface area contributed by atoms with Crippen molar-refractivity contribution in [1.82, 2.24) is 4.98 Å². The molecule has 1 heterocycles.